The van der Waals surface area contributed by atoms with Gasteiger partial charge in [-0.05, 0) is 5.57 Å². The van der Waals surface area contributed by atoms with Crippen LogP contribution in [0.5, 0.6) is 0 Å². The van der Waals surface area contributed by atoms with Gasteiger partial charge in [-0.15, -0.1) is 11.8 Å². The molecule has 0 N–H and O–H groups in total. The van der Waals surface area contributed by atoms with E-state index in [0.717, 1.165) is 11.3 Å². The maximum atomic E-state index is 11.0. The van der Waals surface area contributed by atoms with Crippen molar-refractivity contribution in [1.29, 1.82) is 0 Å². The molecular formula is C8H9NOS. The predicted molar refractivity (Wildman–Crippen MR) is 46.0 cm³/mol. The van der Waals surface area contributed by atoms with E-state index in [0.29, 0.717) is 11.8 Å². The minimum Gasteiger partial charge on any atom is -0.306 e. The Labute approximate surface area is 69.9 Å². The van der Waals surface area contributed by atoms with E-state index in [1.165, 1.54) is 0 Å². The van der Waals surface area contributed by atoms with Gasteiger partial charge in [0.15, 0.2) is 0 Å². The van der Waals surface area contributed by atoms with E-state index in [2.05, 4.69) is 6.58 Å². The van der Waals surface area contributed by atoms with Crippen molar-refractivity contribution in [3.63, 3.8) is 0 Å². The van der Waals surface area contributed by atoms with Crippen LogP contribution in [0, 0.1) is 0 Å². The Kier molecular flexibility index (Phi) is 1.53. The molecule has 2 aliphatic rings. The number of nitrogens with zero attached hydrogens (tertiary/aromatic N) is 1. The highest BCUT2D eigenvalue weighted by molar-refractivity contribution is 8.00. The first kappa shape index (κ1) is 6.98. The lowest BCUT2D eigenvalue weighted by Crippen LogP contribution is -2.48. The molecule has 0 aromatic rings. The number of thioether (sulfide) groups is 1. The number of carbonyl (C=O) groups excluding carboxylic acids is 1. The zero-order valence-corrected chi connectivity index (χ0v) is 6.93. The van der Waals surface area contributed by atoms with Crippen LogP contribution in [0.3, 0.4) is 0 Å². The second kappa shape index (κ2) is 2.41. The fourth-order valence-electron chi connectivity index (χ4n) is 1.22. The Hall–Kier alpha value is -0.700. The van der Waals surface area contributed by atoms with Gasteiger partial charge in [0.25, 0.3) is 0 Å². The normalized spacial score (nSPS) is 28.7. The summed E-state index contributed by atoms with van der Waals surface area (Å²) in [6.45, 7) is 3.67. The molecule has 0 bridgehead atoms. The van der Waals surface area contributed by atoms with E-state index >= 15 is 0 Å². The average Bonchev–Trinajstić information content (AvgIpc) is 2.03. The van der Waals surface area contributed by atoms with Crippen molar-refractivity contribution in [1.82, 2.24) is 4.90 Å². The quantitative estimate of drug-likeness (QED) is 0.550. The molecule has 0 saturated carbocycles. The number of allylic oxidation sites excluding steroid dienone is 1. The highest BCUT2D eigenvalue weighted by atomic mass is 32.2. The van der Waals surface area contributed by atoms with Gasteiger partial charge in [-0.3, -0.25) is 4.79 Å². The van der Waals surface area contributed by atoms with Crippen molar-refractivity contribution in [2.45, 2.75) is 11.8 Å². The molecule has 1 fully saturated rings. The van der Waals surface area contributed by atoms with Gasteiger partial charge < -0.3 is 4.90 Å². The third-order valence-electron chi connectivity index (χ3n) is 1.96. The van der Waals surface area contributed by atoms with Crippen molar-refractivity contribution < 1.29 is 4.79 Å². The maximum Gasteiger partial charge on any atom is 0.230 e. The van der Waals surface area contributed by atoms with Crippen LogP contribution >= 0.6 is 11.8 Å². The molecule has 0 aromatic heterocycles. The molecule has 0 radical (unpaired) electrons. The fourth-order valence-corrected chi connectivity index (χ4v) is 2.39. The number of rotatable bonds is 1. The highest BCUT2D eigenvalue weighted by Crippen LogP contribution is 2.35. The lowest BCUT2D eigenvalue weighted by molar-refractivity contribution is -0.137. The average molecular weight is 167 g/mol. The van der Waals surface area contributed by atoms with Crippen LogP contribution in [0.2, 0.25) is 0 Å². The summed E-state index contributed by atoms with van der Waals surface area (Å²) in [6, 6.07) is 0. The van der Waals surface area contributed by atoms with Crippen LogP contribution in [-0.2, 0) is 4.79 Å². The summed E-state index contributed by atoms with van der Waals surface area (Å²) < 4.78 is 0. The highest BCUT2D eigenvalue weighted by Gasteiger charge is 2.37. The standard InChI is InChI=1S/C8H9NOS/c1-2-6-4-9-7(10)3-8(9)11-5-6/h2,4,8H,1,3,5H2/t8-/m1/s1. The second-order valence-corrected chi connectivity index (χ2v) is 3.85. The van der Waals surface area contributed by atoms with Crippen LogP contribution in [0.15, 0.2) is 24.4 Å². The van der Waals surface area contributed by atoms with E-state index in [1.807, 2.05) is 24.0 Å². The lowest BCUT2D eigenvalue weighted by atomic mass is 10.2. The van der Waals surface area contributed by atoms with Crippen molar-refractivity contribution in [2.24, 2.45) is 0 Å². The summed E-state index contributed by atoms with van der Waals surface area (Å²) in [4.78, 5) is 12.8. The van der Waals surface area contributed by atoms with Gasteiger partial charge in [0, 0.05) is 12.0 Å². The summed E-state index contributed by atoms with van der Waals surface area (Å²) in [5, 5.41) is 0.422. The van der Waals surface area contributed by atoms with Gasteiger partial charge in [-0.2, -0.15) is 0 Å². The Bertz CT molecular complexity index is 246. The number of hydrogen-bond acceptors (Lipinski definition) is 2. The summed E-state index contributed by atoms with van der Waals surface area (Å²) in [5.74, 6) is 1.24. The van der Waals surface area contributed by atoms with Gasteiger partial charge >= 0.3 is 0 Å². The summed E-state index contributed by atoms with van der Waals surface area (Å²) in [6.07, 6.45) is 4.44. The topological polar surface area (TPSA) is 20.3 Å². The molecule has 0 aromatic carbocycles. The van der Waals surface area contributed by atoms with Gasteiger partial charge in [0.2, 0.25) is 5.91 Å². The first-order chi connectivity index (χ1) is 5.31. The molecule has 1 saturated heterocycles. The monoisotopic (exact) mass is 167 g/mol. The number of fused-ring (bicyclic) bond motifs is 1. The zero-order valence-electron chi connectivity index (χ0n) is 6.12. The molecule has 11 heavy (non-hydrogen) atoms. The smallest absolute Gasteiger partial charge is 0.230 e. The van der Waals surface area contributed by atoms with Gasteiger partial charge in [0.1, 0.15) is 0 Å². The minimum atomic E-state index is 0.238. The van der Waals surface area contributed by atoms with Crippen LogP contribution in [0.1, 0.15) is 6.42 Å². The Morgan fingerprint density at radius 3 is 3.27 bits per heavy atom. The third-order valence-corrected chi connectivity index (χ3v) is 3.24. The van der Waals surface area contributed by atoms with E-state index in [-0.39, 0.29) is 5.91 Å². The van der Waals surface area contributed by atoms with E-state index in [1.54, 1.807) is 4.90 Å². The largest absolute Gasteiger partial charge is 0.306 e. The Morgan fingerprint density at radius 2 is 2.64 bits per heavy atom. The van der Waals surface area contributed by atoms with Crippen molar-refractivity contribution in [2.75, 3.05) is 5.75 Å². The summed E-state index contributed by atoms with van der Waals surface area (Å²) >= 11 is 1.81. The molecule has 3 heteroatoms. The maximum absolute atomic E-state index is 11.0. The Balaban J connectivity index is 2.18. The second-order valence-electron chi connectivity index (χ2n) is 2.68. The van der Waals surface area contributed by atoms with Crippen molar-refractivity contribution in [3.05, 3.63) is 24.4 Å². The first-order valence-corrected chi connectivity index (χ1v) is 4.62. The number of hydrogen-bond donors (Lipinski definition) is 0. The molecule has 2 rings (SSSR count). The SMILES string of the molecule is C=CC1=CN2C(=O)C[C@H]2SC1. The zero-order chi connectivity index (χ0) is 7.84. The van der Waals surface area contributed by atoms with Crippen molar-refractivity contribution >= 4 is 17.7 Å². The summed E-state index contributed by atoms with van der Waals surface area (Å²) in [7, 11) is 0. The van der Waals surface area contributed by atoms with Gasteiger partial charge in [-0.25, -0.2) is 0 Å². The number of β-lactam (4-membered cyclic amide) rings is 1. The molecule has 1 atom stereocenters. The van der Waals surface area contributed by atoms with Crippen LogP contribution < -0.4 is 0 Å². The molecule has 0 unspecified atom stereocenters. The molecule has 2 nitrogen and oxygen atoms in total. The van der Waals surface area contributed by atoms with E-state index in [9.17, 15) is 4.79 Å². The molecular weight excluding hydrogens is 158 g/mol. The number of amides is 1. The van der Waals surface area contributed by atoms with Gasteiger partial charge in [0.05, 0.1) is 11.8 Å². The molecule has 1 amide bonds. The molecule has 0 aliphatic carbocycles. The molecule has 0 spiro atoms. The van der Waals surface area contributed by atoms with E-state index < -0.39 is 0 Å². The van der Waals surface area contributed by atoms with Crippen LogP contribution in [0.25, 0.3) is 0 Å². The van der Waals surface area contributed by atoms with Crippen molar-refractivity contribution in [3.8, 4) is 0 Å². The lowest BCUT2D eigenvalue weighted by Gasteiger charge is -2.40. The number of carbonyl (C=O) groups is 1. The predicted octanol–water partition coefficient (Wildman–Crippen LogP) is 1.36. The van der Waals surface area contributed by atoms with Gasteiger partial charge in [-0.1, -0.05) is 12.7 Å². The first-order valence-electron chi connectivity index (χ1n) is 3.57. The fraction of sp³-hybridized carbons (Fsp3) is 0.375. The Morgan fingerprint density at radius 1 is 1.82 bits per heavy atom. The van der Waals surface area contributed by atoms with Crippen LogP contribution in [0.4, 0.5) is 0 Å². The summed E-state index contributed by atoms with van der Waals surface area (Å²) in [5.41, 5.74) is 1.15. The third kappa shape index (κ3) is 0.997. The molecule has 58 valence electrons. The minimum absolute atomic E-state index is 0.238. The van der Waals surface area contributed by atoms with E-state index in [4.69, 9.17) is 0 Å². The molecule has 2 aliphatic heterocycles. The van der Waals surface area contributed by atoms with Crippen LogP contribution in [-0.4, -0.2) is 21.9 Å². The molecule has 2 heterocycles.